The number of thioether (sulfide) groups is 1. The number of amides is 1. The molecule has 0 unspecified atom stereocenters. The van der Waals surface area contributed by atoms with Crippen LogP contribution in [0.15, 0.2) is 24.3 Å². The summed E-state index contributed by atoms with van der Waals surface area (Å²) in [6.07, 6.45) is 3.03. The van der Waals surface area contributed by atoms with Crippen LogP contribution in [0.1, 0.15) is 12.0 Å². The Balaban J connectivity index is 2.01. The Bertz CT molecular complexity index is 436. The van der Waals surface area contributed by atoms with Gasteiger partial charge in [0.2, 0.25) is 5.91 Å². The summed E-state index contributed by atoms with van der Waals surface area (Å²) in [6.45, 7) is 5.85. The van der Waals surface area contributed by atoms with Crippen LogP contribution in [-0.2, 0) is 4.79 Å². The molecule has 1 aliphatic heterocycles. The molecule has 0 aliphatic carbocycles. The van der Waals surface area contributed by atoms with E-state index in [-0.39, 0.29) is 5.91 Å². The molecular formula is C15H22N2OS. The van der Waals surface area contributed by atoms with E-state index in [0.717, 1.165) is 32.6 Å². The van der Waals surface area contributed by atoms with Crippen molar-refractivity contribution in [3.05, 3.63) is 29.8 Å². The molecule has 19 heavy (non-hydrogen) atoms. The maximum atomic E-state index is 11.9. The van der Waals surface area contributed by atoms with E-state index in [2.05, 4.69) is 36.1 Å². The molecule has 1 aliphatic rings. The van der Waals surface area contributed by atoms with Gasteiger partial charge in [0.1, 0.15) is 0 Å². The lowest BCUT2D eigenvalue weighted by Crippen LogP contribution is -2.36. The van der Waals surface area contributed by atoms with E-state index >= 15 is 0 Å². The van der Waals surface area contributed by atoms with E-state index in [0.29, 0.717) is 5.75 Å². The van der Waals surface area contributed by atoms with Gasteiger partial charge in [0.05, 0.1) is 5.75 Å². The standard InChI is InChI=1S/C15H22N2OS/c1-13-6-3-4-7-14(13)16-8-5-9-17(11-10-16)15(18)12-19-2/h3-4,6-7H,5,8-12H2,1-2H3. The number of benzene rings is 1. The first kappa shape index (κ1) is 14.3. The van der Waals surface area contributed by atoms with E-state index in [4.69, 9.17) is 0 Å². The van der Waals surface area contributed by atoms with Crippen molar-refractivity contribution in [2.45, 2.75) is 13.3 Å². The monoisotopic (exact) mass is 278 g/mol. The highest BCUT2D eigenvalue weighted by atomic mass is 32.2. The van der Waals surface area contributed by atoms with Crippen LogP contribution < -0.4 is 4.90 Å². The number of rotatable bonds is 3. The average Bonchev–Trinajstić information content (AvgIpc) is 2.65. The topological polar surface area (TPSA) is 23.6 Å². The SMILES string of the molecule is CSCC(=O)N1CCCN(c2ccccc2C)CC1. The zero-order chi connectivity index (χ0) is 13.7. The Morgan fingerprint density at radius 3 is 2.74 bits per heavy atom. The fourth-order valence-corrected chi connectivity index (χ4v) is 2.97. The van der Waals surface area contributed by atoms with Crippen LogP contribution >= 0.6 is 11.8 Å². The highest BCUT2D eigenvalue weighted by Gasteiger charge is 2.19. The highest BCUT2D eigenvalue weighted by Crippen LogP contribution is 2.20. The smallest absolute Gasteiger partial charge is 0.232 e. The van der Waals surface area contributed by atoms with Gasteiger partial charge in [-0.05, 0) is 31.2 Å². The molecule has 0 atom stereocenters. The first-order valence-corrected chi connectivity index (χ1v) is 8.19. The second-order valence-corrected chi connectivity index (χ2v) is 5.81. The van der Waals surface area contributed by atoms with Crippen LogP contribution in [0.3, 0.4) is 0 Å². The maximum absolute atomic E-state index is 11.9. The lowest BCUT2D eigenvalue weighted by atomic mass is 10.2. The normalized spacial score (nSPS) is 16.3. The van der Waals surface area contributed by atoms with Crippen molar-refractivity contribution in [2.75, 3.05) is 43.1 Å². The molecule has 2 rings (SSSR count). The third-order valence-corrected chi connectivity index (χ3v) is 4.11. The lowest BCUT2D eigenvalue weighted by Gasteiger charge is -2.25. The number of carbonyl (C=O) groups is 1. The summed E-state index contributed by atoms with van der Waals surface area (Å²) in [5, 5.41) is 0. The van der Waals surface area contributed by atoms with Crippen LogP contribution in [0.2, 0.25) is 0 Å². The molecule has 104 valence electrons. The molecule has 1 amide bonds. The Kier molecular flexibility index (Phi) is 5.14. The summed E-state index contributed by atoms with van der Waals surface area (Å²) in [6, 6.07) is 8.49. The Morgan fingerprint density at radius 2 is 2.00 bits per heavy atom. The van der Waals surface area contributed by atoms with Crippen molar-refractivity contribution < 1.29 is 4.79 Å². The van der Waals surface area contributed by atoms with Crippen molar-refractivity contribution in [2.24, 2.45) is 0 Å². The molecule has 0 aromatic heterocycles. The molecule has 1 saturated heterocycles. The molecule has 1 fully saturated rings. The van der Waals surface area contributed by atoms with Gasteiger partial charge < -0.3 is 9.80 Å². The van der Waals surface area contributed by atoms with Crippen LogP contribution in [0.5, 0.6) is 0 Å². The Labute approximate surface area is 120 Å². The summed E-state index contributed by atoms with van der Waals surface area (Å²) < 4.78 is 0. The largest absolute Gasteiger partial charge is 0.369 e. The molecule has 4 heteroatoms. The summed E-state index contributed by atoms with van der Waals surface area (Å²) in [5.74, 6) is 0.879. The third-order valence-electron chi connectivity index (χ3n) is 3.57. The first-order chi connectivity index (χ1) is 9.22. The predicted molar refractivity (Wildman–Crippen MR) is 83.0 cm³/mol. The van der Waals surface area contributed by atoms with Crippen molar-refractivity contribution in [3.8, 4) is 0 Å². The third kappa shape index (κ3) is 3.66. The second kappa shape index (κ2) is 6.85. The molecule has 0 saturated carbocycles. The van der Waals surface area contributed by atoms with Crippen LogP contribution in [0.4, 0.5) is 5.69 Å². The molecule has 0 spiro atoms. The maximum Gasteiger partial charge on any atom is 0.232 e. The fraction of sp³-hybridized carbons (Fsp3) is 0.533. The fourth-order valence-electron chi connectivity index (χ4n) is 2.54. The zero-order valence-corrected chi connectivity index (χ0v) is 12.6. The van der Waals surface area contributed by atoms with E-state index in [1.165, 1.54) is 11.3 Å². The molecule has 1 heterocycles. The predicted octanol–water partition coefficient (Wildman–Crippen LogP) is 2.40. The molecule has 3 nitrogen and oxygen atoms in total. The summed E-state index contributed by atoms with van der Waals surface area (Å²) in [4.78, 5) is 16.4. The van der Waals surface area contributed by atoms with Crippen LogP contribution in [0.25, 0.3) is 0 Å². The van der Waals surface area contributed by atoms with Crippen molar-refractivity contribution >= 4 is 23.4 Å². The van der Waals surface area contributed by atoms with E-state index in [1.807, 2.05) is 11.2 Å². The summed E-state index contributed by atoms with van der Waals surface area (Å²) in [7, 11) is 0. The summed E-state index contributed by atoms with van der Waals surface area (Å²) in [5.41, 5.74) is 2.62. The number of para-hydroxylation sites is 1. The molecule has 1 aromatic rings. The average molecular weight is 278 g/mol. The molecule has 0 N–H and O–H groups in total. The van der Waals surface area contributed by atoms with Crippen molar-refractivity contribution in [1.29, 1.82) is 0 Å². The number of carbonyl (C=O) groups excluding carboxylic acids is 1. The Morgan fingerprint density at radius 1 is 1.21 bits per heavy atom. The number of hydrogen-bond donors (Lipinski definition) is 0. The minimum atomic E-state index is 0.277. The number of nitrogens with zero attached hydrogens (tertiary/aromatic N) is 2. The van der Waals surface area contributed by atoms with Crippen molar-refractivity contribution in [3.63, 3.8) is 0 Å². The lowest BCUT2D eigenvalue weighted by molar-refractivity contribution is -0.128. The van der Waals surface area contributed by atoms with Crippen LogP contribution in [-0.4, -0.2) is 49.0 Å². The van der Waals surface area contributed by atoms with Gasteiger partial charge in [0.15, 0.2) is 0 Å². The minimum absolute atomic E-state index is 0.277. The highest BCUT2D eigenvalue weighted by molar-refractivity contribution is 7.99. The zero-order valence-electron chi connectivity index (χ0n) is 11.8. The van der Waals surface area contributed by atoms with E-state index in [9.17, 15) is 4.79 Å². The number of hydrogen-bond acceptors (Lipinski definition) is 3. The first-order valence-electron chi connectivity index (χ1n) is 6.79. The molecular weight excluding hydrogens is 256 g/mol. The van der Waals surface area contributed by atoms with Gasteiger partial charge in [0, 0.05) is 31.9 Å². The molecule has 0 radical (unpaired) electrons. The van der Waals surface area contributed by atoms with E-state index < -0.39 is 0 Å². The van der Waals surface area contributed by atoms with Gasteiger partial charge in [0.25, 0.3) is 0 Å². The number of aryl methyl sites for hydroxylation is 1. The van der Waals surface area contributed by atoms with Gasteiger partial charge in [-0.15, -0.1) is 0 Å². The van der Waals surface area contributed by atoms with Gasteiger partial charge in [-0.2, -0.15) is 11.8 Å². The molecule has 0 bridgehead atoms. The van der Waals surface area contributed by atoms with Gasteiger partial charge >= 0.3 is 0 Å². The molecule has 1 aromatic carbocycles. The summed E-state index contributed by atoms with van der Waals surface area (Å²) >= 11 is 1.60. The second-order valence-electron chi connectivity index (χ2n) is 4.94. The van der Waals surface area contributed by atoms with Gasteiger partial charge in [-0.25, -0.2) is 0 Å². The Hall–Kier alpha value is -1.16. The quantitative estimate of drug-likeness (QED) is 0.848. The van der Waals surface area contributed by atoms with Crippen LogP contribution in [0, 0.1) is 6.92 Å². The van der Waals surface area contributed by atoms with E-state index in [1.54, 1.807) is 11.8 Å². The van der Waals surface area contributed by atoms with Crippen molar-refractivity contribution in [1.82, 2.24) is 4.90 Å². The van der Waals surface area contributed by atoms with Gasteiger partial charge in [-0.1, -0.05) is 18.2 Å². The minimum Gasteiger partial charge on any atom is -0.369 e. The van der Waals surface area contributed by atoms with Gasteiger partial charge in [-0.3, -0.25) is 4.79 Å². The number of anilines is 1.